The summed E-state index contributed by atoms with van der Waals surface area (Å²) in [5.74, 6) is 1.10. The van der Waals surface area contributed by atoms with Crippen molar-refractivity contribution in [1.82, 2.24) is 24.9 Å². The fourth-order valence-corrected chi connectivity index (χ4v) is 5.89. The number of benzene rings is 1. The quantitative estimate of drug-likeness (QED) is 0.596. The van der Waals surface area contributed by atoms with Gasteiger partial charge in [0.15, 0.2) is 0 Å². The number of aromatic nitrogens is 2. The maximum Gasteiger partial charge on any atom is 0.273 e. The number of ether oxygens (including phenoxy) is 1. The van der Waals surface area contributed by atoms with Gasteiger partial charge in [0.1, 0.15) is 17.7 Å². The van der Waals surface area contributed by atoms with Crippen LogP contribution in [0.15, 0.2) is 30.6 Å². The lowest BCUT2D eigenvalue weighted by Gasteiger charge is -2.47. The summed E-state index contributed by atoms with van der Waals surface area (Å²) in [4.78, 5) is 49.2. The number of hydrogen-bond acceptors (Lipinski definition) is 7. The van der Waals surface area contributed by atoms with Crippen molar-refractivity contribution in [3.05, 3.63) is 53.1 Å². The van der Waals surface area contributed by atoms with Gasteiger partial charge in [0.2, 0.25) is 11.8 Å². The SMILES string of the molecule is Cc1cnc(C2CN([C@@H]3CCCC[C@H]3Oc3ccc4c(c3)CN(N3C(=O)CCCC3=O)C4=O)C2)nc1. The molecule has 0 bridgehead atoms. The first-order valence-electron chi connectivity index (χ1n) is 13.0. The maximum absolute atomic E-state index is 13.0. The zero-order chi connectivity index (χ0) is 24.8. The Bertz CT molecular complexity index is 1180. The molecule has 3 amide bonds. The number of aryl methyl sites for hydroxylation is 1. The van der Waals surface area contributed by atoms with Gasteiger partial charge in [-0.05, 0) is 61.9 Å². The number of hydrazine groups is 1. The van der Waals surface area contributed by atoms with E-state index in [-0.39, 0.29) is 43.2 Å². The summed E-state index contributed by atoms with van der Waals surface area (Å²) >= 11 is 0. The van der Waals surface area contributed by atoms with Crippen molar-refractivity contribution in [3.63, 3.8) is 0 Å². The molecule has 2 atom stereocenters. The molecule has 0 N–H and O–H groups in total. The molecule has 3 fully saturated rings. The van der Waals surface area contributed by atoms with Crippen LogP contribution in [0, 0.1) is 6.92 Å². The third kappa shape index (κ3) is 4.15. The van der Waals surface area contributed by atoms with E-state index in [2.05, 4.69) is 14.9 Å². The number of carbonyl (C=O) groups excluding carboxylic acids is 3. The molecule has 0 unspecified atom stereocenters. The first kappa shape index (κ1) is 23.1. The van der Waals surface area contributed by atoms with E-state index in [1.165, 1.54) is 11.4 Å². The van der Waals surface area contributed by atoms with Crippen LogP contribution in [-0.2, 0) is 16.1 Å². The van der Waals surface area contributed by atoms with Gasteiger partial charge in [0, 0.05) is 55.8 Å². The molecule has 1 aliphatic carbocycles. The third-order valence-electron chi connectivity index (χ3n) is 7.86. The van der Waals surface area contributed by atoms with Crippen LogP contribution in [0.4, 0.5) is 0 Å². The number of nitrogens with zero attached hydrogens (tertiary/aromatic N) is 5. The van der Waals surface area contributed by atoms with Crippen molar-refractivity contribution in [1.29, 1.82) is 0 Å². The lowest BCUT2D eigenvalue weighted by atomic mass is 9.86. The zero-order valence-corrected chi connectivity index (χ0v) is 20.6. The predicted octanol–water partition coefficient (Wildman–Crippen LogP) is 2.98. The third-order valence-corrected chi connectivity index (χ3v) is 7.86. The van der Waals surface area contributed by atoms with Crippen molar-refractivity contribution in [2.24, 2.45) is 0 Å². The second-order valence-electron chi connectivity index (χ2n) is 10.4. The monoisotopic (exact) mass is 489 g/mol. The number of likely N-dealkylation sites (tertiary alicyclic amines) is 1. The molecule has 0 spiro atoms. The average molecular weight is 490 g/mol. The van der Waals surface area contributed by atoms with E-state index in [9.17, 15) is 14.4 Å². The average Bonchev–Trinajstić information content (AvgIpc) is 3.15. The standard InChI is InChI=1S/C27H31N5O4/c1-17-12-28-26(29-13-17)19-14-30(15-19)22-5-2-3-6-23(22)36-20-9-10-21-18(11-20)16-31(27(21)35)32-24(33)7-4-8-25(32)34/h9-13,19,22-23H,2-8,14-16H2,1H3/t22-,23-/m1/s1. The number of piperidine rings is 1. The predicted molar refractivity (Wildman–Crippen MR) is 130 cm³/mol. The normalized spacial score (nSPS) is 25.2. The van der Waals surface area contributed by atoms with Crippen molar-refractivity contribution >= 4 is 17.7 Å². The van der Waals surface area contributed by atoms with Gasteiger partial charge in [-0.2, -0.15) is 5.01 Å². The summed E-state index contributed by atoms with van der Waals surface area (Å²) in [6.07, 6.45) is 9.38. The van der Waals surface area contributed by atoms with Crippen molar-refractivity contribution < 1.29 is 19.1 Å². The first-order chi connectivity index (χ1) is 17.5. The van der Waals surface area contributed by atoms with E-state index < -0.39 is 0 Å². The highest BCUT2D eigenvalue weighted by atomic mass is 16.5. The number of rotatable bonds is 5. The highest BCUT2D eigenvalue weighted by molar-refractivity contribution is 6.04. The van der Waals surface area contributed by atoms with Crippen LogP contribution in [0.25, 0.3) is 0 Å². The van der Waals surface area contributed by atoms with Gasteiger partial charge >= 0.3 is 0 Å². The van der Waals surface area contributed by atoms with E-state index in [1.807, 2.05) is 31.5 Å². The minimum Gasteiger partial charge on any atom is -0.489 e. The Kier molecular flexibility index (Phi) is 5.95. The van der Waals surface area contributed by atoms with E-state index >= 15 is 0 Å². The first-order valence-corrected chi connectivity index (χ1v) is 13.0. The molecule has 1 saturated carbocycles. The number of fused-ring (bicyclic) bond motifs is 1. The minimum absolute atomic E-state index is 0.0788. The van der Waals surface area contributed by atoms with Crippen molar-refractivity contribution in [2.75, 3.05) is 13.1 Å². The molecular weight excluding hydrogens is 458 g/mol. The van der Waals surface area contributed by atoms with Gasteiger partial charge in [-0.1, -0.05) is 6.42 Å². The Hall–Kier alpha value is -3.33. The molecule has 2 saturated heterocycles. The number of carbonyl (C=O) groups is 3. The second kappa shape index (κ2) is 9.28. The van der Waals surface area contributed by atoms with Crippen LogP contribution in [-0.4, -0.2) is 67.8 Å². The Morgan fingerprint density at radius 1 is 0.944 bits per heavy atom. The van der Waals surface area contributed by atoms with Crippen LogP contribution >= 0.6 is 0 Å². The highest BCUT2D eigenvalue weighted by Gasteiger charge is 2.41. The molecule has 36 heavy (non-hydrogen) atoms. The summed E-state index contributed by atoms with van der Waals surface area (Å²) in [5, 5.41) is 2.33. The molecule has 9 heteroatoms. The van der Waals surface area contributed by atoms with Gasteiger partial charge in [-0.3, -0.25) is 19.3 Å². The van der Waals surface area contributed by atoms with Crippen LogP contribution in [0.2, 0.25) is 0 Å². The van der Waals surface area contributed by atoms with Gasteiger partial charge in [0.05, 0.1) is 6.54 Å². The van der Waals surface area contributed by atoms with E-state index in [4.69, 9.17) is 4.74 Å². The summed E-state index contributed by atoms with van der Waals surface area (Å²) in [6, 6.07) is 5.84. The van der Waals surface area contributed by atoms with Gasteiger partial charge < -0.3 is 4.74 Å². The number of amides is 3. The molecule has 3 aliphatic heterocycles. The highest BCUT2D eigenvalue weighted by Crippen LogP contribution is 2.36. The van der Waals surface area contributed by atoms with Crippen LogP contribution in [0.5, 0.6) is 5.75 Å². The largest absolute Gasteiger partial charge is 0.489 e. The van der Waals surface area contributed by atoms with Gasteiger partial charge in [0.25, 0.3) is 5.91 Å². The lowest BCUT2D eigenvalue weighted by Crippen LogP contribution is -2.57. The van der Waals surface area contributed by atoms with E-state index in [0.717, 1.165) is 60.1 Å². The van der Waals surface area contributed by atoms with Crippen LogP contribution in [0.3, 0.4) is 0 Å². The molecule has 1 aromatic heterocycles. The molecular formula is C27H31N5O4. The summed E-state index contributed by atoms with van der Waals surface area (Å²) < 4.78 is 6.51. The summed E-state index contributed by atoms with van der Waals surface area (Å²) in [5.41, 5.74) is 2.39. The molecule has 4 aliphatic rings. The maximum atomic E-state index is 13.0. The molecule has 0 radical (unpaired) electrons. The molecule has 188 valence electrons. The van der Waals surface area contributed by atoms with Crippen molar-refractivity contribution in [2.45, 2.75) is 76.5 Å². The fraction of sp³-hybridized carbons (Fsp3) is 0.519. The Balaban J connectivity index is 1.13. The van der Waals surface area contributed by atoms with Crippen LogP contribution in [0.1, 0.15) is 78.2 Å². The van der Waals surface area contributed by atoms with E-state index in [0.29, 0.717) is 23.9 Å². The summed E-state index contributed by atoms with van der Waals surface area (Å²) in [7, 11) is 0. The zero-order valence-electron chi connectivity index (χ0n) is 20.6. The Morgan fingerprint density at radius 3 is 2.42 bits per heavy atom. The Labute approximate surface area is 210 Å². The smallest absolute Gasteiger partial charge is 0.273 e. The molecule has 1 aromatic carbocycles. The molecule has 9 nitrogen and oxygen atoms in total. The van der Waals surface area contributed by atoms with Gasteiger partial charge in [-0.25, -0.2) is 15.0 Å². The topological polar surface area (TPSA) is 95.9 Å². The minimum atomic E-state index is -0.308. The lowest BCUT2D eigenvalue weighted by molar-refractivity contribution is -0.163. The van der Waals surface area contributed by atoms with Crippen molar-refractivity contribution in [3.8, 4) is 5.75 Å². The second-order valence-corrected chi connectivity index (χ2v) is 10.4. The van der Waals surface area contributed by atoms with E-state index in [1.54, 1.807) is 6.07 Å². The number of imide groups is 1. The molecule has 4 heterocycles. The molecule has 2 aromatic rings. The number of hydrogen-bond donors (Lipinski definition) is 0. The summed E-state index contributed by atoms with van der Waals surface area (Å²) in [6.45, 7) is 4.10. The van der Waals surface area contributed by atoms with Gasteiger partial charge in [-0.15, -0.1) is 0 Å². The molecule has 6 rings (SSSR count). The van der Waals surface area contributed by atoms with Crippen LogP contribution < -0.4 is 4.74 Å². The Morgan fingerprint density at radius 2 is 1.67 bits per heavy atom. The fourth-order valence-electron chi connectivity index (χ4n) is 5.89.